The highest BCUT2D eigenvalue weighted by Gasteiger charge is 2.23. The number of anilines is 1. The molecule has 1 aromatic rings. The van der Waals surface area contributed by atoms with Crippen molar-refractivity contribution in [1.82, 2.24) is 9.97 Å². The molecule has 1 saturated heterocycles. The Hall–Kier alpha value is -1.12. The van der Waals surface area contributed by atoms with Crippen molar-refractivity contribution in [3.8, 4) is 0 Å². The van der Waals surface area contributed by atoms with Gasteiger partial charge in [-0.05, 0) is 38.5 Å². The van der Waals surface area contributed by atoms with Crippen LogP contribution in [0.1, 0.15) is 62.5 Å². The number of aryl methyl sites for hydroxylation is 1. The first kappa shape index (κ1) is 11.9. The predicted octanol–water partition coefficient (Wildman–Crippen LogP) is 3.08. The molecule has 0 unspecified atom stereocenters. The highest BCUT2D eigenvalue weighted by atomic mass is 15.2. The third-order valence-corrected chi connectivity index (χ3v) is 4.10. The van der Waals surface area contributed by atoms with Crippen LogP contribution in [-0.2, 0) is 12.8 Å². The topological polar surface area (TPSA) is 29.0 Å². The van der Waals surface area contributed by atoms with Gasteiger partial charge in [0.2, 0.25) is 0 Å². The van der Waals surface area contributed by atoms with Crippen LogP contribution in [0.2, 0.25) is 0 Å². The molecule has 0 atom stereocenters. The summed E-state index contributed by atoms with van der Waals surface area (Å²) >= 11 is 0. The molecule has 0 amide bonds. The van der Waals surface area contributed by atoms with Gasteiger partial charge in [-0.25, -0.2) is 9.97 Å². The van der Waals surface area contributed by atoms with E-state index in [1.807, 2.05) is 0 Å². The number of fused-ring (bicyclic) bond motifs is 1. The second-order valence-electron chi connectivity index (χ2n) is 5.89. The summed E-state index contributed by atoms with van der Waals surface area (Å²) < 4.78 is 0. The second kappa shape index (κ2) is 4.87. The molecule has 0 spiro atoms. The molecule has 98 valence electrons. The summed E-state index contributed by atoms with van der Waals surface area (Å²) in [6.07, 6.45) is 7.56. The van der Waals surface area contributed by atoms with Gasteiger partial charge in [-0.3, -0.25) is 0 Å². The monoisotopic (exact) mass is 245 g/mol. The number of aromatic nitrogens is 2. The first-order valence-corrected chi connectivity index (χ1v) is 7.40. The van der Waals surface area contributed by atoms with Crippen molar-refractivity contribution in [1.29, 1.82) is 0 Å². The van der Waals surface area contributed by atoms with Crippen LogP contribution < -0.4 is 4.90 Å². The predicted molar refractivity (Wildman–Crippen MR) is 74.2 cm³/mol. The summed E-state index contributed by atoms with van der Waals surface area (Å²) in [5.41, 5.74) is 2.79. The number of nitrogens with zero attached hydrogens (tertiary/aromatic N) is 3. The van der Waals surface area contributed by atoms with E-state index in [4.69, 9.17) is 9.97 Å². The lowest BCUT2D eigenvalue weighted by atomic mass is 9.95. The zero-order valence-electron chi connectivity index (χ0n) is 11.6. The summed E-state index contributed by atoms with van der Waals surface area (Å²) in [5.74, 6) is 2.73. The molecule has 2 aliphatic rings. The Kier molecular flexibility index (Phi) is 3.23. The Bertz CT molecular complexity index is 434. The molecule has 1 aromatic heterocycles. The number of rotatable bonds is 2. The summed E-state index contributed by atoms with van der Waals surface area (Å²) in [6.45, 7) is 6.75. The molecule has 1 fully saturated rings. The first-order valence-electron chi connectivity index (χ1n) is 7.40. The van der Waals surface area contributed by atoms with E-state index < -0.39 is 0 Å². The Morgan fingerprint density at radius 3 is 2.39 bits per heavy atom. The van der Waals surface area contributed by atoms with E-state index in [0.29, 0.717) is 5.92 Å². The Morgan fingerprint density at radius 1 is 0.944 bits per heavy atom. The Labute approximate surface area is 110 Å². The van der Waals surface area contributed by atoms with Crippen LogP contribution in [-0.4, -0.2) is 23.1 Å². The normalized spacial score (nSPS) is 19.4. The van der Waals surface area contributed by atoms with Crippen LogP contribution >= 0.6 is 0 Å². The van der Waals surface area contributed by atoms with Gasteiger partial charge in [-0.1, -0.05) is 13.8 Å². The van der Waals surface area contributed by atoms with Gasteiger partial charge in [0.25, 0.3) is 0 Å². The summed E-state index contributed by atoms with van der Waals surface area (Å²) in [4.78, 5) is 12.2. The number of hydrogen-bond donors (Lipinski definition) is 0. The maximum Gasteiger partial charge on any atom is 0.135 e. The van der Waals surface area contributed by atoms with Crippen molar-refractivity contribution in [2.75, 3.05) is 18.0 Å². The fraction of sp³-hybridized carbons (Fsp3) is 0.733. The van der Waals surface area contributed by atoms with Gasteiger partial charge in [0.1, 0.15) is 11.6 Å². The van der Waals surface area contributed by atoms with Crippen LogP contribution in [0.3, 0.4) is 0 Å². The van der Waals surface area contributed by atoms with Crippen LogP contribution in [0.15, 0.2) is 0 Å². The van der Waals surface area contributed by atoms with Gasteiger partial charge >= 0.3 is 0 Å². The smallest absolute Gasteiger partial charge is 0.135 e. The maximum absolute atomic E-state index is 4.88. The molecule has 1 aliphatic heterocycles. The minimum absolute atomic E-state index is 0.429. The highest BCUT2D eigenvalue weighted by molar-refractivity contribution is 5.51. The minimum Gasteiger partial charge on any atom is -0.356 e. The van der Waals surface area contributed by atoms with E-state index in [0.717, 1.165) is 12.2 Å². The molecule has 0 saturated carbocycles. The van der Waals surface area contributed by atoms with Crippen LogP contribution in [0, 0.1) is 0 Å². The molecule has 3 heteroatoms. The third kappa shape index (κ3) is 2.11. The first-order chi connectivity index (χ1) is 8.75. The SMILES string of the molecule is CC(C)c1nc2c(c(N3CCCC3)n1)CCCC2. The standard InChI is InChI=1S/C15H23N3/c1-11(2)14-16-13-8-4-3-7-12(13)15(17-14)18-9-5-6-10-18/h11H,3-10H2,1-2H3. The molecular weight excluding hydrogens is 222 g/mol. The van der Waals surface area contributed by atoms with Crippen molar-refractivity contribution in [2.45, 2.75) is 58.3 Å². The van der Waals surface area contributed by atoms with Crippen LogP contribution in [0.25, 0.3) is 0 Å². The van der Waals surface area contributed by atoms with Gasteiger partial charge in [0.15, 0.2) is 0 Å². The van der Waals surface area contributed by atoms with Crippen molar-refractivity contribution in [2.24, 2.45) is 0 Å². The van der Waals surface area contributed by atoms with Gasteiger partial charge in [-0.2, -0.15) is 0 Å². The van der Waals surface area contributed by atoms with E-state index in [2.05, 4.69) is 18.7 Å². The van der Waals surface area contributed by atoms with Crippen LogP contribution in [0.4, 0.5) is 5.82 Å². The average Bonchev–Trinajstić information content (AvgIpc) is 2.91. The van der Waals surface area contributed by atoms with E-state index in [-0.39, 0.29) is 0 Å². The molecule has 0 N–H and O–H groups in total. The average molecular weight is 245 g/mol. The lowest BCUT2D eigenvalue weighted by Crippen LogP contribution is -2.24. The van der Waals surface area contributed by atoms with Gasteiger partial charge in [0, 0.05) is 30.3 Å². The summed E-state index contributed by atoms with van der Waals surface area (Å²) in [7, 11) is 0. The van der Waals surface area contributed by atoms with Gasteiger partial charge in [-0.15, -0.1) is 0 Å². The van der Waals surface area contributed by atoms with E-state index >= 15 is 0 Å². The van der Waals surface area contributed by atoms with Crippen LogP contribution in [0.5, 0.6) is 0 Å². The molecule has 18 heavy (non-hydrogen) atoms. The zero-order chi connectivity index (χ0) is 12.5. The highest BCUT2D eigenvalue weighted by Crippen LogP contribution is 2.31. The Morgan fingerprint density at radius 2 is 1.67 bits per heavy atom. The van der Waals surface area contributed by atoms with Crippen molar-refractivity contribution in [3.05, 3.63) is 17.1 Å². The molecule has 3 rings (SSSR count). The molecular formula is C15H23N3. The molecule has 1 aliphatic carbocycles. The fourth-order valence-corrected chi connectivity index (χ4v) is 3.04. The lowest BCUT2D eigenvalue weighted by molar-refractivity contribution is 0.639. The molecule has 0 bridgehead atoms. The van der Waals surface area contributed by atoms with Gasteiger partial charge < -0.3 is 4.90 Å². The Balaban J connectivity index is 2.05. The van der Waals surface area contributed by atoms with E-state index in [1.54, 1.807) is 0 Å². The second-order valence-corrected chi connectivity index (χ2v) is 5.89. The van der Waals surface area contributed by atoms with Crippen molar-refractivity contribution >= 4 is 5.82 Å². The summed E-state index contributed by atoms with van der Waals surface area (Å²) in [5, 5.41) is 0. The van der Waals surface area contributed by atoms with E-state index in [9.17, 15) is 0 Å². The molecule has 0 aromatic carbocycles. The zero-order valence-corrected chi connectivity index (χ0v) is 11.6. The van der Waals surface area contributed by atoms with Crippen molar-refractivity contribution < 1.29 is 0 Å². The fourth-order valence-electron chi connectivity index (χ4n) is 3.04. The van der Waals surface area contributed by atoms with Gasteiger partial charge in [0.05, 0.1) is 0 Å². The lowest BCUT2D eigenvalue weighted by Gasteiger charge is -2.25. The summed E-state index contributed by atoms with van der Waals surface area (Å²) in [6, 6.07) is 0. The largest absolute Gasteiger partial charge is 0.356 e. The third-order valence-electron chi connectivity index (χ3n) is 4.10. The molecule has 3 nitrogen and oxygen atoms in total. The quantitative estimate of drug-likeness (QED) is 0.802. The molecule has 0 radical (unpaired) electrons. The number of hydrogen-bond acceptors (Lipinski definition) is 3. The minimum atomic E-state index is 0.429. The van der Waals surface area contributed by atoms with E-state index in [1.165, 1.54) is 62.3 Å². The molecule has 2 heterocycles. The van der Waals surface area contributed by atoms with Crippen molar-refractivity contribution in [3.63, 3.8) is 0 Å². The maximum atomic E-state index is 4.88.